The number of pyridine rings is 1. The van der Waals surface area contributed by atoms with E-state index < -0.39 is 0 Å². The van der Waals surface area contributed by atoms with E-state index in [0.29, 0.717) is 6.04 Å². The second-order valence-corrected chi connectivity index (χ2v) is 4.91. The molecule has 0 bridgehead atoms. The Labute approximate surface area is 95.7 Å². The Kier molecular flexibility index (Phi) is 1.96. The van der Waals surface area contributed by atoms with Crippen LogP contribution in [-0.2, 0) is 0 Å². The molecule has 15 heavy (non-hydrogen) atoms. The van der Waals surface area contributed by atoms with E-state index in [4.69, 9.17) is 0 Å². The van der Waals surface area contributed by atoms with E-state index in [9.17, 15) is 4.79 Å². The van der Waals surface area contributed by atoms with Crippen LogP contribution < -0.4 is 5.56 Å². The summed E-state index contributed by atoms with van der Waals surface area (Å²) in [6.45, 7) is 0. The lowest BCUT2D eigenvalue weighted by Crippen LogP contribution is -2.18. The van der Waals surface area contributed by atoms with Crippen LogP contribution in [0, 0.1) is 0 Å². The largest absolute Gasteiger partial charge is 0.312 e. The SMILES string of the molecule is O=c1c2cc(Br)ccc2ccn1C1CC1. The number of nitrogens with zero attached hydrogens (tertiary/aromatic N) is 1. The van der Waals surface area contributed by atoms with Crippen LogP contribution in [0.25, 0.3) is 10.8 Å². The summed E-state index contributed by atoms with van der Waals surface area (Å²) in [6, 6.07) is 8.29. The molecule has 0 aliphatic heterocycles. The molecule has 1 aliphatic carbocycles. The fourth-order valence-corrected chi connectivity index (χ4v) is 2.23. The molecular formula is C12H10BrNO. The summed E-state index contributed by atoms with van der Waals surface area (Å²) in [5.41, 5.74) is 0.135. The van der Waals surface area contributed by atoms with Gasteiger partial charge in [-0.05, 0) is 36.4 Å². The number of aromatic nitrogens is 1. The standard InChI is InChI=1S/C12H10BrNO/c13-9-2-1-8-5-6-14(10-3-4-10)12(15)11(8)7-9/h1-2,5-7,10H,3-4H2. The first kappa shape index (κ1) is 9.16. The summed E-state index contributed by atoms with van der Waals surface area (Å²) in [7, 11) is 0. The predicted octanol–water partition coefficient (Wildman–Crippen LogP) is 3.10. The molecule has 0 atom stereocenters. The highest BCUT2D eigenvalue weighted by Gasteiger charge is 2.24. The van der Waals surface area contributed by atoms with Crippen molar-refractivity contribution in [1.29, 1.82) is 0 Å². The molecule has 1 saturated carbocycles. The van der Waals surface area contributed by atoms with Gasteiger partial charge in [-0.15, -0.1) is 0 Å². The van der Waals surface area contributed by atoms with Crippen molar-refractivity contribution in [3.05, 3.63) is 45.3 Å². The minimum absolute atomic E-state index is 0.135. The zero-order chi connectivity index (χ0) is 10.4. The topological polar surface area (TPSA) is 22.0 Å². The fraction of sp³-hybridized carbons (Fsp3) is 0.250. The number of fused-ring (bicyclic) bond motifs is 1. The number of hydrogen-bond donors (Lipinski definition) is 0. The van der Waals surface area contributed by atoms with Gasteiger partial charge in [0.15, 0.2) is 0 Å². The van der Waals surface area contributed by atoms with Crippen LogP contribution in [-0.4, -0.2) is 4.57 Å². The lowest BCUT2D eigenvalue weighted by atomic mass is 10.2. The average Bonchev–Trinajstić information content (AvgIpc) is 3.03. The van der Waals surface area contributed by atoms with Crippen molar-refractivity contribution in [3.63, 3.8) is 0 Å². The maximum atomic E-state index is 12.1. The predicted molar refractivity (Wildman–Crippen MR) is 64.2 cm³/mol. The molecule has 1 heterocycles. The lowest BCUT2D eigenvalue weighted by Gasteiger charge is -2.05. The van der Waals surface area contributed by atoms with E-state index in [2.05, 4.69) is 15.9 Å². The zero-order valence-electron chi connectivity index (χ0n) is 8.11. The van der Waals surface area contributed by atoms with Crippen molar-refractivity contribution < 1.29 is 0 Å². The Hall–Kier alpha value is -1.09. The van der Waals surface area contributed by atoms with Crippen LogP contribution in [0.2, 0.25) is 0 Å². The molecule has 2 nitrogen and oxygen atoms in total. The minimum Gasteiger partial charge on any atom is -0.312 e. The molecular weight excluding hydrogens is 254 g/mol. The molecule has 3 heteroatoms. The van der Waals surface area contributed by atoms with Crippen molar-refractivity contribution in [3.8, 4) is 0 Å². The van der Waals surface area contributed by atoms with Crippen LogP contribution in [0.1, 0.15) is 18.9 Å². The summed E-state index contributed by atoms with van der Waals surface area (Å²) >= 11 is 3.40. The van der Waals surface area contributed by atoms with Gasteiger partial charge in [-0.25, -0.2) is 0 Å². The van der Waals surface area contributed by atoms with Gasteiger partial charge in [0.2, 0.25) is 0 Å². The first-order chi connectivity index (χ1) is 7.25. The molecule has 0 saturated heterocycles. The summed E-state index contributed by atoms with van der Waals surface area (Å²) in [5, 5.41) is 1.82. The van der Waals surface area contributed by atoms with E-state index in [1.807, 2.05) is 35.0 Å². The molecule has 1 aliphatic rings. The molecule has 0 amide bonds. The monoisotopic (exact) mass is 263 g/mol. The Bertz CT molecular complexity index is 584. The first-order valence-corrected chi connectivity index (χ1v) is 5.85. The number of rotatable bonds is 1. The van der Waals surface area contributed by atoms with Gasteiger partial charge in [-0.3, -0.25) is 4.79 Å². The molecule has 3 rings (SSSR count). The quantitative estimate of drug-likeness (QED) is 0.775. The molecule has 0 unspecified atom stereocenters. The Balaban J connectivity index is 2.35. The van der Waals surface area contributed by atoms with E-state index in [0.717, 1.165) is 28.1 Å². The molecule has 0 spiro atoms. The van der Waals surface area contributed by atoms with Gasteiger partial charge in [-0.1, -0.05) is 22.0 Å². The van der Waals surface area contributed by atoms with Gasteiger partial charge in [0.25, 0.3) is 5.56 Å². The second-order valence-electron chi connectivity index (χ2n) is 3.99. The molecule has 0 N–H and O–H groups in total. The van der Waals surface area contributed by atoms with Gasteiger partial charge in [0, 0.05) is 22.1 Å². The lowest BCUT2D eigenvalue weighted by molar-refractivity contribution is 0.714. The van der Waals surface area contributed by atoms with E-state index in [1.165, 1.54) is 0 Å². The third-order valence-electron chi connectivity index (χ3n) is 2.84. The molecule has 1 aromatic carbocycles. The van der Waals surface area contributed by atoms with Crippen molar-refractivity contribution in [2.75, 3.05) is 0 Å². The average molecular weight is 264 g/mol. The summed E-state index contributed by atoms with van der Waals surface area (Å²) in [4.78, 5) is 12.1. The number of halogens is 1. The molecule has 2 aromatic rings. The zero-order valence-corrected chi connectivity index (χ0v) is 9.70. The van der Waals surface area contributed by atoms with Gasteiger partial charge in [0.05, 0.1) is 0 Å². The van der Waals surface area contributed by atoms with E-state index >= 15 is 0 Å². The van der Waals surface area contributed by atoms with Crippen molar-refractivity contribution >= 4 is 26.7 Å². The van der Waals surface area contributed by atoms with Gasteiger partial charge < -0.3 is 4.57 Å². The van der Waals surface area contributed by atoms with Crippen molar-refractivity contribution in [1.82, 2.24) is 4.57 Å². The molecule has 76 valence electrons. The Morgan fingerprint density at radius 2 is 2.07 bits per heavy atom. The molecule has 1 fully saturated rings. The first-order valence-electron chi connectivity index (χ1n) is 5.06. The normalized spacial score (nSPS) is 15.8. The highest BCUT2D eigenvalue weighted by atomic mass is 79.9. The van der Waals surface area contributed by atoms with E-state index in [-0.39, 0.29) is 5.56 Å². The number of benzene rings is 1. The third kappa shape index (κ3) is 1.51. The third-order valence-corrected chi connectivity index (χ3v) is 3.33. The highest BCUT2D eigenvalue weighted by molar-refractivity contribution is 9.10. The Morgan fingerprint density at radius 1 is 1.27 bits per heavy atom. The van der Waals surface area contributed by atoms with Crippen LogP contribution in [0.5, 0.6) is 0 Å². The van der Waals surface area contributed by atoms with Crippen LogP contribution in [0.15, 0.2) is 39.7 Å². The summed E-state index contributed by atoms with van der Waals surface area (Å²) in [6.07, 6.45) is 4.19. The second kappa shape index (κ2) is 3.20. The summed E-state index contributed by atoms with van der Waals surface area (Å²) in [5.74, 6) is 0. The number of hydrogen-bond acceptors (Lipinski definition) is 1. The van der Waals surface area contributed by atoms with Gasteiger partial charge in [-0.2, -0.15) is 0 Å². The Morgan fingerprint density at radius 3 is 2.80 bits per heavy atom. The molecule has 0 radical (unpaired) electrons. The van der Waals surface area contributed by atoms with E-state index in [1.54, 1.807) is 0 Å². The van der Waals surface area contributed by atoms with Crippen molar-refractivity contribution in [2.45, 2.75) is 18.9 Å². The van der Waals surface area contributed by atoms with Crippen LogP contribution in [0.4, 0.5) is 0 Å². The fourth-order valence-electron chi connectivity index (χ4n) is 1.87. The highest BCUT2D eigenvalue weighted by Crippen LogP contribution is 2.33. The maximum Gasteiger partial charge on any atom is 0.258 e. The van der Waals surface area contributed by atoms with Gasteiger partial charge >= 0.3 is 0 Å². The van der Waals surface area contributed by atoms with Crippen LogP contribution in [0.3, 0.4) is 0 Å². The van der Waals surface area contributed by atoms with Crippen LogP contribution >= 0.6 is 15.9 Å². The molecule has 1 aromatic heterocycles. The summed E-state index contributed by atoms with van der Waals surface area (Å²) < 4.78 is 2.81. The van der Waals surface area contributed by atoms with Gasteiger partial charge in [0.1, 0.15) is 0 Å². The smallest absolute Gasteiger partial charge is 0.258 e. The minimum atomic E-state index is 0.135. The van der Waals surface area contributed by atoms with Crippen molar-refractivity contribution in [2.24, 2.45) is 0 Å². The maximum absolute atomic E-state index is 12.1.